The minimum absolute atomic E-state index is 0.0112. The van der Waals surface area contributed by atoms with Gasteiger partial charge in [-0.2, -0.15) is 13.2 Å². The molecule has 0 saturated carbocycles. The van der Waals surface area contributed by atoms with Gasteiger partial charge in [0.1, 0.15) is 12.2 Å². The van der Waals surface area contributed by atoms with E-state index >= 15 is 0 Å². The number of carbonyl (C=O) groups is 3. The van der Waals surface area contributed by atoms with Crippen LogP contribution < -0.4 is 0 Å². The Balaban J connectivity index is 3.28. The molecule has 0 heterocycles. The normalized spacial score (nSPS) is 15.3. The SMILES string of the molecule is CCOC(=O)CC(O)[C@@H](CC(=O)OCC)OC(=O)[C@](OC)(c1ccccc1)C(F)(F)F. The average Bonchev–Trinajstić information content (AvgIpc) is 2.68. The van der Waals surface area contributed by atoms with E-state index in [0.29, 0.717) is 7.11 Å². The van der Waals surface area contributed by atoms with Crippen molar-refractivity contribution in [1.29, 1.82) is 0 Å². The van der Waals surface area contributed by atoms with E-state index in [1.165, 1.54) is 32.0 Å². The number of hydrogen-bond donors (Lipinski definition) is 1. The molecule has 11 heteroatoms. The Labute approximate surface area is 177 Å². The van der Waals surface area contributed by atoms with E-state index in [2.05, 4.69) is 9.47 Å². The van der Waals surface area contributed by atoms with E-state index in [9.17, 15) is 32.7 Å². The summed E-state index contributed by atoms with van der Waals surface area (Å²) in [6, 6.07) is 6.03. The standard InChI is InChI=1S/C20H25F3O8/c1-4-29-16(25)11-14(24)15(12-17(26)30-5-2)31-18(27)19(28-3,20(21,22)23)13-9-7-6-8-10-13/h6-10,14-15,24H,4-5,11-12H2,1-3H3/t14?,15-,19-/m1/s1. The fourth-order valence-corrected chi connectivity index (χ4v) is 2.77. The summed E-state index contributed by atoms with van der Waals surface area (Å²) >= 11 is 0. The van der Waals surface area contributed by atoms with E-state index < -0.39 is 60.3 Å². The largest absolute Gasteiger partial charge is 0.466 e. The van der Waals surface area contributed by atoms with Crippen LogP contribution in [-0.2, 0) is 38.9 Å². The van der Waals surface area contributed by atoms with Gasteiger partial charge in [0.2, 0.25) is 0 Å². The van der Waals surface area contributed by atoms with Crippen LogP contribution in [0.3, 0.4) is 0 Å². The van der Waals surface area contributed by atoms with Crippen LogP contribution in [-0.4, -0.2) is 61.7 Å². The van der Waals surface area contributed by atoms with Crippen molar-refractivity contribution in [2.24, 2.45) is 0 Å². The zero-order chi connectivity index (χ0) is 23.7. The molecule has 174 valence electrons. The highest BCUT2D eigenvalue weighted by Gasteiger charge is 2.64. The molecule has 0 aliphatic heterocycles. The number of methoxy groups -OCH3 is 1. The topological polar surface area (TPSA) is 108 Å². The van der Waals surface area contributed by atoms with Crippen LogP contribution >= 0.6 is 0 Å². The molecule has 0 spiro atoms. The minimum atomic E-state index is -5.25. The maximum absolute atomic E-state index is 14.0. The highest BCUT2D eigenvalue weighted by Crippen LogP contribution is 2.43. The molecule has 8 nitrogen and oxygen atoms in total. The van der Waals surface area contributed by atoms with Gasteiger partial charge in [0, 0.05) is 12.7 Å². The zero-order valence-electron chi connectivity index (χ0n) is 17.3. The molecule has 1 aromatic carbocycles. The number of alkyl halides is 3. The van der Waals surface area contributed by atoms with E-state index in [4.69, 9.17) is 9.47 Å². The Kier molecular flexibility index (Phi) is 9.92. The maximum atomic E-state index is 14.0. The maximum Gasteiger partial charge on any atom is 0.432 e. The molecule has 1 N–H and O–H groups in total. The number of carbonyl (C=O) groups excluding carboxylic acids is 3. The Hall–Kier alpha value is -2.66. The first-order valence-corrected chi connectivity index (χ1v) is 9.41. The summed E-state index contributed by atoms with van der Waals surface area (Å²) in [5, 5.41) is 10.3. The van der Waals surface area contributed by atoms with Crippen molar-refractivity contribution >= 4 is 17.9 Å². The summed E-state index contributed by atoms with van der Waals surface area (Å²) in [6.45, 7) is 2.93. The molecule has 0 aliphatic carbocycles. The summed E-state index contributed by atoms with van der Waals surface area (Å²) in [5.41, 5.74) is -4.09. The number of benzene rings is 1. The highest BCUT2D eigenvalue weighted by atomic mass is 19.4. The lowest BCUT2D eigenvalue weighted by molar-refractivity contribution is -0.279. The van der Waals surface area contributed by atoms with Crippen LogP contribution in [0.5, 0.6) is 0 Å². The van der Waals surface area contributed by atoms with Gasteiger partial charge in [0.05, 0.1) is 26.1 Å². The third-order valence-corrected chi connectivity index (χ3v) is 4.22. The van der Waals surface area contributed by atoms with Gasteiger partial charge < -0.3 is 24.1 Å². The first kappa shape index (κ1) is 26.4. The van der Waals surface area contributed by atoms with Crippen molar-refractivity contribution in [3.63, 3.8) is 0 Å². The van der Waals surface area contributed by atoms with Gasteiger partial charge in [-0.05, 0) is 13.8 Å². The van der Waals surface area contributed by atoms with Gasteiger partial charge in [-0.15, -0.1) is 0 Å². The van der Waals surface area contributed by atoms with Crippen molar-refractivity contribution in [3.05, 3.63) is 35.9 Å². The number of hydrogen-bond acceptors (Lipinski definition) is 8. The fraction of sp³-hybridized carbons (Fsp3) is 0.550. The lowest BCUT2D eigenvalue weighted by Gasteiger charge is -2.34. The number of rotatable bonds is 11. The Morgan fingerprint density at radius 1 is 0.968 bits per heavy atom. The van der Waals surface area contributed by atoms with Gasteiger partial charge in [-0.3, -0.25) is 9.59 Å². The third-order valence-electron chi connectivity index (χ3n) is 4.22. The Morgan fingerprint density at radius 2 is 1.48 bits per heavy atom. The molecule has 3 atom stereocenters. The molecule has 0 bridgehead atoms. The lowest BCUT2D eigenvalue weighted by atomic mass is 9.92. The van der Waals surface area contributed by atoms with Crippen molar-refractivity contribution in [3.8, 4) is 0 Å². The highest BCUT2D eigenvalue weighted by molar-refractivity contribution is 5.83. The number of esters is 3. The predicted molar refractivity (Wildman–Crippen MR) is 99.6 cm³/mol. The monoisotopic (exact) mass is 450 g/mol. The van der Waals surface area contributed by atoms with Gasteiger partial charge in [-0.25, -0.2) is 4.79 Å². The molecule has 0 fully saturated rings. The smallest absolute Gasteiger partial charge is 0.432 e. The molecule has 0 aliphatic rings. The van der Waals surface area contributed by atoms with Gasteiger partial charge in [-0.1, -0.05) is 30.3 Å². The second kappa shape index (κ2) is 11.7. The van der Waals surface area contributed by atoms with Crippen LogP contribution in [0.1, 0.15) is 32.3 Å². The van der Waals surface area contributed by atoms with Gasteiger partial charge in [0.15, 0.2) is 0 Å². The Morgan fingerprint density at radius 3 is 1.94 bits per heavy atom. The quantitative estimate of drug-likeness (QED) is 0.404. The van der Waals surface area contributed by atoms with E-state index in [0.717, 1.165) is 12.1 Å². The molecule has 1 unspecified atom stereocenters. The van der Waals surface area contributed by atoms with E-state index in [1.807, 2.05) is 0 Å². The number of aliphatic hydroxyl groups excluding tert-OH is 1. The van der Waals surface area contributed by atoms with Crippen molar-refractivity contribution in [2.75, 3.05) is 20.3 Å². The van der Waals surface area contributed by atoms with Crippen LogP contribution in [0.4, 0.5) is 13.2 Å². The summed E-state index contributed by atoms with van der Waals surface area (Å²) in [6.07, 6.45) is -10.4. The molecule has 1 rings (SSSR count). The minimum Gasteiger partial charge on any atom is -0.466 e. The van der Waals surface area contributed by atoms with Crippen molar-refractivity contribution in [2.45, 2.75) is 50.7 Å². The third kappa shape index (κ3) is 6.66. The molecule has 0 aromatic heterocycles. The molecule has 31 heavy (non-hydrogen) atoms. The first-order chi connectivity index (χ1) is 14.5. The van der Waals surface area contributed by atoms with E-state index in [-0.39, 0.29) is 13.2 Å². The second-order valence-corrected chi connectivity index (χ2v) is 6.28. The van der Waals surface area contributed by atoms with Crippen molar-refractivity contribution in [1.82, 2.24) is 0 Å². The average molecular weight is 450 g/mol. The molecule has 0 radical (unpaired) electrons. The molecule has 1 aromatic rings. The summed E-state index contributed by atoms with van der Waals surface area (Å²) < 4.78 is 60.9. The second-order valence-electron chi connectivity index (χ2n) is 6.28. The lowest BCUT2D eigenvalue weighted by Crippen LogP contribution is -2.53. The van der Waals surface area contributed by atoms with Crippen LogP contribution in [0.25, 0.3) is 0 Å². The summed E-state index contributed by atoms with van der Waals surface area (Å²) in [5.74, 6) is -3.75. The summed E-state index contributed by atoms with van der Waals surface area (Å²) in [7, 11) is 0.678. The van der Waals surface area contributed by atoms with Crippen LogP contribution in [0, 0.1) is 0 Å². The number of ether oxygens (including phenoxy) is 4. The van der Waals surface area contributed by atoms with Crippen LogP contribution in [0.15, 0.2) is 30.3 Å². The molecular formula is C20H25F3O8. The van der Waals surface area contributed by atoms with Crippen LogP contribution in [0.2, 0.25) is 0 Å². The zero-order valence-corrected chi connectivity index (χ0v) is 17.3. The Bertz CT molecular complexity index is 738. The molecular weight excluding hydrogens is 425 g/mol. The molecule has 0 amide bonds. The van der Waals surface area contributed by atoms with E-state index in [1.54, 1.807) is 0 Å². The predicted octanol–water partition coefficient (Wildman–Crippen LogP) is 2.27. The van der Waals surface area contributed by atoms with Gasteiger partial charge in [0.25, 0.3) is 5.60 Å². The number of halogens is 3. The van der Waals surface area contributed by atoms with Gasteiger partial charge >= 0.3 is 24.1 Å². The number of aliphatic hydroxyl groups is 1. The van der Waals surface area contributed by atoms with Crippen molar-refractivity contribution < 1.29 is 51.6 Å². The first-order valence-electron chi connectivity index (χ1n) is 9.41. The molecule has 0 saturated heterocycles. The fourth-order valence-electron chi connectivity index (χ4n) is 2.77. The summed E-state index contributed by atoms with van der Waals surface area (Å²) in [4.78, 5) is 36.3.